The number of carbonyl (C=O) groups excluding carboxylic acids is 2. The standard InChI is InChI=1S/C20H18N4O3S/c1-24-9-8-20(27,19(24)26)18-22-11-16(28-18)13-5-2-4-12(10-13)14-6-3-7-15(23-14)17(21)25/h2-7,10-11,27H,8-9H2,1H3,(H2,21,25). The SMILES string of the molecule is CN1CCC(O)(c2ncc(-c3cccc(-c4cccc(C(N)=O)n4)c3)s2)C1=O. The molecule has 1 unspecified atom stereocenters. The van der Waals surface area contributed by atoms with E-state index >= 15 is 0 Å². The zero-order valence-corrected chi connectivity index (χ0v) is 15.9. The molecule has 3 N–H and O–H groups in total. The third kappa shape index (κ3) is 3.06. The lowest BCUT2D eigenvalue weighted by Crippen LogP contribution is -2.35. The molecule has 8 heteroatoms. The van der Waals surface area contributed by atoms with Crippen molar-refractivity contribution in [1.29, 1.82) is 0 Å². The molecule has 1 fully saturated rings. The lowest BCUT2D eigenvalue weighted by atomic mass is 10.0. The molecule has 28 heavy (non-hydrogen) atoms. The summed E-state index contributed by atoms with van der Waals surface area (Å²) in [5.74, 6) is -0.904. The van der Waals surface area contributed by atoms with Gasteiger partial charge in [-0.15, -0.1) is 11.3 Å². The van der Waals surface area contributed by atoms with Crippen LogP contribution in [-0.4, -0.2) is 45.4 Å². The van der Waals surface area contributed by atoms with Crippen molar-refractivity contribution in [3.8, 4) is 21.7 Å². The molecule has 0 aliphatic carbocycles. The first-order valence-electron chi connectivity index (χ1n) is 8.70. The fourth-order valence-corrected chi connectivity index (χ4v) is 4.24. The Morgan fingerprint density at radius 3 is 2.71 bits per heavy atom. The second-order valence-electron chi connectivity index (χ2n) is 6.72. The number of benzene rings is 1. The third-order valence-corrected chi connectivity index (χ3v) is 6.01. The van der Waals surface area contributed by atoms with E-state index in [2.05, 4.69) is 9.97 Å². The van der Waals surface area contributed by atoms with Gasteiger partial charge in [-0.05, 0) is 23.8 Å². The van der Waals surface area contributed by atoms with E-state index < -0.39 is 11.5 Å². The summed E-state index contributed by atoms with van der Waals surface area (Å²) in [5.41, 5.74) is 6.31. The second-order valence-corrected chi connectivity index (χ2v) is 7.75. The molecule has 1 atom stereocenters. The maximum Gasteiger partial charge on any atom is 0.267 e. The molecule has 7 nitrogen and oxygen atoms in total. The molecule has 1 saturated heterocycles. The number of aliphatic hydroxyl groups is 1. The van der Waals surface area contributed by atoms with Gasteiger partial charge in [0, 0.05) is 31.8 Å². The summed E-state index contributed by atoms with van der Waals surface area (Å²) in [5, 5.41) is 11.2. The number of amides is 2. The topological polar surface area (TPSA) is 109 Å². The zero-order valence-electron chi connectivity index (χ0n) is 15.1. The second kappa shape index (κ2) is 6.81. The number of hydrogen-bond acceptors (Lipinski definition) is 6. The molecule has 142 valence electrons. The molecule has 1 aliphatic rings. The highest BCUT2D eigenvalue weighted by molar-refractivity contribution is 7.15. The van der Waals surface area contributed by atoms with Crippen molar-refractivity contribution in [2.45, 2.75) is 12.0 Å². The number of likely N-dealkylation sites (N-methyl/N-ethyl adjacent to an activating group) is 1. The van der Waals surface area contributed by atoms with E-state index in [-0.39, 0.29) is 11.6 Å². The van der Waals surface area contributed by atoms with Crippen molar-refractivity contribution >= 4 is 23.2 Å². The van der Waals surface area contributed by atoms with Crippen LogP contribution >= 0.6 is 11.3 Å². The van der Waals surface area contributed by atoms with Crippen LogP contribution in [0.3, 0.4) is 0 Å². The van der Waals surface area contributed by atoms with Crippen LogP contribution in [0.5, 0.6) is 0 Å². The number of carbonyl (C=O) groups is 2. The number of thiazole rings is 1. The highest BCUT2D eigenvalue weighted by atomic mass is 32.1. The molecule has 2 amide bonds. The molecule has 3 heterocycles. The molecular formula is C20H18N4O3S. The molecular weight excluding hydrogens is 376 g/mol. The van der Waals surface area contributed by atoms with Crippen molar-refractivity contribution in [2.75, 3.05) is 13.6 Å². The minimum Gasteiger partial charge on any atom is -0.373 e. The largest absolute Gasteiger partial charge is 0.373 e. The van der Waals surface area contributed by atoms with E-state index in [0.29, 0.717) is 23.7 Å². The van der Waals surface area contributed by atoms with E-state index in [1.54, 1.807) is 31.4 Å². The van der Waals surface area contributed by atoms with Gasteiger partial charge >= 0.3 is 0 Å². The van der Waals surface area contributed by atoms with Crippen molar-refractivity contribution in [3.63, 3.8) is 0 Å². The van der Waals surface area contributed by atoms with Crippen LogP contribution in [0.2, 0.25) is 0 Å². The van der Waals surface area contributed by atoms with Gasteiger partial charge in [-0.1, -0.05) is 24.3 Å². The van der Waals surface area contributed by atoms with Crippen molar-refractivity contribution in [2.24, 2.45) is 5.73 Å². The fourth-order valence-electron chi connectivity index (χ4n) is 3.22. The predicted octanol–water partition coefficient (Wildman–Crippen LogP) is 2.02. The molecule has 0 spiro atoms. The minimum atomic E-state index is -1.55. The summed E-state index contributed by atoms with van der Waals surface area (Å²) in [6, 6.07) is 12.7. The van der Waals surface area contributed by atoms with Crippen LogP contribution in [0, 0.1) is 0 Å². The molecule has 4 rings (SSSR count). The highest BCUT2D eigenvalue weighted by Gasteiger charge is 2.47. The number of nitrogens with two attached hydrogens (primary N) is 1. The summed E-state index contributed by atoms with van der Waals surface area (Å²) < 4.78 is 0. The molecule has 0 bridgehead atoms. The van der Waals surface area contributed by atoms with E-state index in [4.69, 9.17) is 5.73 Å². The Morgan fingerprint density at radius 1 is 1.25 bits per heavy atom. The van der Waals surface area contributed by atoms with Crippen LogP contribution in [-0.2, 0) is 10.4 Å². The minimum absolute atomic E-state index is 0.203. The maximum absolute atomic E-state index is 12.3. The Balaban J connectivity index is 1.68. The molecule has 0 radical (unpaired) electrons. The lowest BCUT2D eigenvalue weighted by Gasteiger charge is -2.17. The average molecular weight is 394 g/mol. The van der Waals surface area contributed by atoms with Gasteiger partial charge in [0.05, 0.1) is 10.6 Å². The molecule has 2 aromatic heterocycles. The summed E-state index contributed by atoms with van der Waals surface area (Å²) in [6.07, 6.45) is 2.00. The monoisotopic (exact) mass is 394 g/mol. The molecule has 3 aromatic rings. The van der Waals surface area contributed by atoms with Gasteiger partial charge in [0.1, 0.15) is 10.7 Å². The van der Waals surface area contributed by atoms with Gasteiger partial charge in [0.15, 0.2) is 5.60 Å². The van der Waals surface area contributed by atoms with Crippen LogP contribution in [0.4, 0.5) is 0 Å². The number of pyridine rings is 1. The van der Waals surface area contributed by atoms with Gasteiger partial charge < -0.3 is 15.7 Å². The normalized spacial score (nSPS) is 19.2. The Bertz CT molecular complexity index is 1080. The summed E-state index contributed by atoms with van der Waals surface area (Å²) in [7, 11) is 1.67. The van der Waals surface area contributed by atoms with Gasteiger partial charge in [0.2, 0.25) is 0 Å². The van der Waals surface area contributed by atoms with E-state index in [1.165, 1.54) is 16.2 Å². The Kier molecular flexibility index (Phi) is 4.44. The first-order chi connectivity index (χ1) is 13.4. The van der Waals surface area contributed by atoms with E-state index in [0.717, 1.165) is 16.0 Å². The van der Waals surface area contributed by atoms with Gasteiger partial charge in [-0.2, -0.15) is 0 Å². The van der Waals surface area contributed by atoms with Crippen LogP contribution in [0.15, 0.2) is 48.7 Å². The fraction of sp³-hybridized carbons (Fsp3) is 0.200. The van der Waals surface area contributed by atoms with Crippen molar-refractivity contribution in [1.82, 2.24) is 14.9 Å². The average Bonchev–Trinajstić information content (AvgIpc) is 3.31. The quantitative estimate of drug-likeness (QED) is 0.704. The van der Waals surface area contributed by atoms with Crippen molar-refractivity contribution in [3.05, 3.63) is 59.4 Å². The Hall–Kier alpha value is -3.10. The molecule has 0 saturated carbocycles. The zero-order chi connectivity index (χ0) is 19.9. The van der Waals surface area contributed by atoms with Gasteiger partial charge in [-0.25, -0.2) is 9.97 Å². The van der Waals surface area contributed by atoms with E-state index in [1.807, 2.05) is 24.3 Å². The molecule has 1 aromatic carbocycles. The highest BCUT2D eigenvalue weighted by Crippen LogP contribution is 2.38. The third-order valence-electron chi connectivity index (χ3n) is 4.81. The maximum atomic E-state index is 12.3. The predicted molar refractivity (Wildman–Crippen MR) is 105 cm³/mol. The smallest absolute Gasteiger partial charge is 0.267 e. The summed E-state index contributed by atoms with van der Waals surface area (Å²) >= 11 is 1.30. The molecule has 1 aliphatic heterocycles. The number of primary amides is 1. The summed E-state index contributed by atoms with van der Waals surface area (Å²) in [4.78, 5) is 34.6. The number of nitrogens with zero attached hydrogens (tertiary/aromatic N) is 3. The van der Waals surface area contributed by atoms with Crippen LogP contribution in [0.1, 0.15) is 21.9 Å². The Morgan fingerprint density at radius 2 is 2.00 bits per heavy atom. The van der Waals surface area contributed by atoms with E-state index in [9.17, 15) is 14.7 Å². The number of likely N-dealkylation sites (tertiary alicyclic amines) is 1. The van der Waals surface area contributed by atoms with Gasteiger partial charge in [0.25, 0.3) is 11.8 Å². The van der Waals surface area contributed by atoms with Crippen molar-refractivity contribution < 1.29 is 14.7 Å². The number of rotatable bonds is 4. The Labute approximate surface area is 165 Å². The first kappa shape index (κ1) is 18.3. The van der Waals surface area contributed by atoms with Gasteiger partial charge in [-0.3, -0.25) is 9.59 Å². The van der Waals surface area contributed by atoms with Crippen LogP contribution < -0.4 is 5.73 Å². The first-order valence-corrected chi connectivity index (χ1v) is 9.52. The van der Waals surface area contributed by atoms with Crippen LogP contribution in [0.25, 0.3) is 21.7 Å². The summed E-state index contributed by atoms with van der Waals surface area (Å²) in [6.45, 7) is 0.502. The number of aromatic nitrogens is 2. The number of hydrogen-bond donors (Lipinski definition) is 2. The lowest BCUT2D eigenvalue weighted by molar-refractivity contribution is -0.143.